The third-order valence-corrected chi connectivity index (χ3v) is 7.73. The Labute approximate surface area is 141 Å². The molecule has 0 aromatic rings. The van der Waals surface area contributed by atoms with E-state index in [1.807, 2.05) is 13.2 Å². The molecule has 3 fully saturated rings. The topological polar surface area (TPSA) is 26.3 Å². The van der Waals surface area contributed by atoms with Crippen molar-refractivity contribution < 1.29 is 9.53 Å². The van der Waals surface area contributed by atoms with Crippen molar-refractivity contribution in [1.82, 2.24) is 0 Å². The van der Waals surface area contributed by atoms with E-state index in [0.29, 0.717) is 23.5 Å². The number of rotatable bonds is 2. The summed E-state index contributed by atoms with van der Waals surface area (Å²) in [7, 11) is 1.82. The molecule has 3 aliphatic rings. The fourth-order valence-corrected chi connectivity index (χ4v) is 6.07. The Bertz CT molecular complexity index is 536. The molecule has 0 saturated heterocycles. The van der Waals surface area contributed by atoms with Crippen molar-refractivity contribution in [2.75, 3.05) is 7.11 Å². The van der Waals surface area contributed by atoms with Gasteiger partial charge in [0.2, 0.25) is 0 Å². The van der Waals surface area contributed by atoms with Crippen LogP contribution in [0.2, 0.25) is 0 Å². The van der Waals surface area contributed by atoms with Crippen molar-refractivity contribution in [3.8, 4) is 0 Å². The first-order valence-electron chi connectivity index (χ1n) is 9.20. The van der Waals surface area contributed by atoms with E-state index in [-0.39, 0.29) is 17.4 Å². The van der Waals surface area contributed by atoms with E-state index in [1.165, 1.54) is 12.0 Å². The Morgan fingerprint density at radius 2 is 1.91 bits per heavy atom. The summed E-state index contributed by atoms with van der Waals surface area (Å²) in [6.45, 7) is 15.2. The number of allylic oxidation sites excluding steroid dienone is 1. The average Bonchev–Trinajstić information content (AvgIpc) is 2.90. The summed E-state index contributed by atoms with van der Waals surface area (Å²) in [6, 6.07) is 0. The molecule has 0 radical (unpaired) electrons. The SMILES string of the molecule is C=C[C@]1(C)C[C@H]2C(=C)C3[C@H](OC)CC[C@@]3(CC[C@H]2C)[C@@H](C)C1=O. The Balaban J connectivity index is 2.18. The number of ketones is 1. The number of hydrogen-bond donors (Lipinski definition) is 0. The molecule has 3 rings (SSSR count). The molecule has 2 bridgehead atoms. The van der Waals surface area contributed by atoms with Crippen molar-refractivity contribution in [2.45, 2.75) is 59.0 Å². The van der Waals surface area contributed by atoms with Gasteiger partial charge in [0, 0.05) is 24.4 Å². The van der Waals surface area contributed by atoms with Gasteiger partial charge in [0.15, 0.2) is 0 Å². The first-order valence-corrected chi connectivity index (χ1v) is 9.20. The minimum Gasteiger partial charge on any atom is -0.381 e. The Morgan fingerprint density at radius 3 is 2.52 bits per heavy atom. The molecule has 2 nitrogen and oxygen atoms in total. The molecule has 0 aromatic carbocycles. The van der Waals surface area contributed by atoms with Crippen LogP contribution in [0.1, 0.15) is 52.9 Å². The lowest BCUT2D eigenvalue weighted by molar-refractivity contribution is -0.136. The molecule has 0 N–H and O–H groups in total. The van der Waals surface area contributed by atoms with Crippen LogP contribution in [-0.2, 0) is 9.53 Å². The van der Waals surface area contributed by atoms with Crippen LogP contribution in [0.25, 0.3) is 0 Å². The number of fused-ring (bicyclic) bond motifs is 1. The second-order valence-electron chi connectivity index (χ2n) is 8.63. The molecule has 0 aliphatic heterocycles. The highest BCUT2D eigenvalue weighted by Gasteiger charge is 2.60. The van der Waals surface area contributed by atoms with Gasteiger partial charge in [-0.15, -0.1) is 6.58 Å². The van der Waals surface area contributed by atoms with Crippen LogP contribution in [0.5, 0.6) is 0 Å². The predicted octanol–water partition coefficient (Wildman–Crippen LogP) is 4.80. The van der Waals surface area contributed by atoms with Gasteiger partial charge in [-0.1, -0.05) is 32.1 Å². The standard InChI is InChI=1S/C21H32O2/c1-7-20(5)12-16-13(2)8-10-21(15(4)19(20)22)11-9-17(23-6)18(21)14(16)3/h7,13,15-18H,1,3,8-12H2,2,4-6H3/t13-,15+,16-,17-,18?,20-,21+/m1/s1. The largest absolute Gasteiger partial charge is 0.381 e. The van der Waals surface area contributed by atoms with Crippen LogP contribution in [0.15, 0.2) is 24.8 Å². The number of ether oxygens (including phenoxy) is 1. The monoisotopic (exact) mass is 316 g/mol. The van der Waals surface area contributed by atoms with E-state index in [0.717, 1.165) is 25.7 Å². The summed E-state index contributed by atoms with van der Waals surface area (Å²) in [6.07, 6.45) is 7.48. The predicted molar refractivity (Wildman–Crippen MR) is 94.1 cm³/mol. The summed E-state index contributed by atoms with van der Waals surface area (Å²) in [5, 5.41) is 0. The van der Waals surface area contributed by atoms with Crippen molar-refractivity contribution in [3.05, 3.63) is 24.8 Å². The fourth-order valence-electron chi connectivity index (χ4n) is 6.07. The Morgan fingerprint density at radius 1 is 1.26 bits per heavy atom. The normalized spacial score (nSPS) is 50.2. The molecule has 0 heterocycles. The third kappa shape index (κ3) is 2.21. The molecular formula is C21H32O2. The number of hydrogen-bond acceptors (Lipinski definition) is 2. The summed E-state index contributed by atoms with van der Waals surface area (Å²) < 4.78 is 5.86. The zero-order chi connectivity index (χ0) is 17.0. The van der Waals surface area contributed by atoms with Gasteiger partial charge in [-0.05, 0) is 56.3 Å². The van der Waals surface area contributed by atoms with Crippen molar-refractivity contribution >= 4 is 5.78 Å². The molecule has 3 aliphatic carbocycles. The van der Waals surface area contributed by atoms with Gasteiger partial charge in [0.1, 0.15) is 5.78 Å². The first-order chi connectivity index (χ1) is 10.8. The Kier molecular flexibility index (Phi) is 4.11. The minimum absolute atomic E-state index is 0.0442. The molecule has 128 valence electrons. The molecule has 2 heteroatoms. The lowest BCUT2D eigenvalue weighted by Gasteiger charge is -2.47. The molecule has 0 spiro atoms. The van der Waals surface area contributed by atoms with Gasteiger partial charge in [-0.2, -0.15) is 0 Å². The number of Topliss-reactive ketones (excluding diaryl/α,β-unsaturated/α-hetero) is 1. The van der Waals surface area contributed by atoms with E-state index in [4.69, 9.17) is 4.74 Å². The number of carbonyl (C=O) groups is 1. The molecule has 23 heavy (non-hydrogen) atoms. The maximum Gasteiger partial charge on any atom is 0.145 e. The highest BCUT2D eigenvalue weighted by atomic mass is 16.5. The molecular weight excluding hydrogens is 284 g/mol. The van der Waals surface area contributed by atoms with E-state index in [1.54, 1.807) is 0 Å². The van der Waals surface area contributed by atoms with Gasteiger partial charge in [-0.3, -0.25) is 4.79 Å². The van der Waals surface area contributed by atoms with Gasteiger partial charge in [-0.25, -0.2) is 0 Å². The summed E-state index contributed by atoms with van der Waals surface area (Å²) >= 11 is 0. The van der Waals surface area contributed by atoms with Crippen LogP contribution in [0.4, 0.5) is 0 Å². The van der Waals surface area contributed by atoms with Crippen LogP contribution in [0, 0.1) is 34.5 Å². The van der Waals surface area contributed by atoms with Crippen molar-refractivity contribution in [1.29, 1.82) is 0 Å². The Hall–Kier alpha value is -0.890. The molecule has 3 saturated carbocycles. The van der Waals surface area contributed by atoms with Crippen LogP contribution >= 0.6 is 0 Å². The molecule has 7 atom stereocenters. The first kappa shape index (κ1) is 17.0. The number of methoxy groups -OCH3 is 1. The smallest absolute Gasteiger partial charge is 0.145 e. The van der Waals surface area contributed by atoms with E-state index in [9.17, 15) is 4.79 Å². The maximum absolute atomic E-state index is 13.4. The van der Waals surface area contributed by atoms with Gasteiger partial charge in [0.25, 0.3) is 0 Å². The van der Waals surface area contributed by atoms with Crippen molar-refractivity contribution in [2.24, 2.45) is 34.5 Å². The van der Waals surface area contributed by atoms with E-state index < -0.39 is 5.41 Å². The van der Waals surface area contributed by atoms with Crippen LogP contribution in [0.3, 0.4) is 0 Å². The lowest BCUT2D eigenvalue weighted by atomic mass is 9.56. The van der Waals surface area contributed by atoms with Gasteiger partial charge >= 0.3 is 0 Å². The van der Waals surface area contributed by atoms with Gasteiger partial charge in [0.05, 0.1) is 6.10 Å². The van der Waals surface area contributed by atoms with Crippen molar-refractivity contribution in [3.63, 3.8) is 0 Å². The quantitative estimate of drug-likeness (QED) is 0.684. The van der Waals surface area contributed by atoms with Gasteiger partial charge < -0.3 is 4.74 Å². The third-order valence-electron chi connectivity index (χ3n) is 7.73. The summed E-state index contributed by atoms with van der Waals surface area (Å²) in [4.78, 5) is 13.4. The minimum atomic E-state index is -0.422. The second-order valence-corrected chi connectivity index (χ2v) is 8.63. The lowest BCUT2D eigenvalue weighted by Crippen LogP contribution is -2.47. The number of carbonyl (C=O) groups excluding carboxylic acids is 1. The molecule has 1 unspecified atom stereocenters. The fraction of sp³-hybridized carbons (Fsp3) is 0.762. The molecule has 0 amide bonds. The summed E-state index contributed by atoms with van der Waals surface area (Å²) in [5.41, 5.74) is 0.976. The average molecular weight is 316 g/mol. The van der Waals surface area contributed by atoms with E-state index in [2.05, 4.69) is 33.9 Å². The maximum atomic E-state index is 13.4. The zero-order valence-electron chi connectivity index (χ0n) is 15.2. The second kappa shape index (κ2) is 5.58. The van der Waals surface area contributed by atoms with E-state index >= 15 is 0 Å². The van der Waals surface area contributed by atoms with Crippen LogP contribution in [-0.4, -0.2) is 19.0 Å². The molecule has 0 aromatic heterocycles. The summed E-state index contributed by atoms with van der Waals surface area (Å²) in [5.74, 6) is 1.77. The highest BCUT2D eigenvalue weighted by molar-refractivity contribution is 5.89. The highest BCUT2D eigenvalue weighted by Crippen LogP contribution is 2.63. The van der Waals surface area contributed by atoms with Crippen LogP contribution < -0.4 is 0 Å². The zero-order valence-corrected chi connectivity index (χ0v) is 15.2.